The maximum atomic E-state index is 12.9. The number of nitrogens with zero attached hydrogens (tertiary/aromatic N) is 2. The average molecular weight is 738 g/mol. The number of aliphatic hydroxyl groups is 8. The molecule has 0 aromatic carbocycles. The molecule has 12 atom stereocenters. The van der Waals surface area contributed by atoms with Crippen LogP contribution in [0.5, 0.6) is 0 Å². The Morgan fingerprint density at radius 1 is 0.962 bits per heavy atom. The molecule has 0 bridgehead atoms. The Labute approximate surface area is 305 Å². The van der Waals surface area contributed by atoms with E-state index in [4.69, 9.17) is 23.7 Å². The van der Waals surface area contributed by atoms with Crippen LogP contribution < -0.4 is 5.11 Å². The van der Waals surface area contributed by atoms with Crippen LogP contribution in [0.4, 0.5) is 0 Å². The van der Waals surface area contributed by atoms with Gasteiger partial charge in [-0.05, 0) is 64.2 Å². The molecule has 292 valence electrons. The SMILES string of the molecule is COC1CCC(C2CC(O)C3C(CC(OC4OC(C(=O)[O-])C(O)(C5([C+]6C=N[CH+][N-]6)CCCCC5)C(O)C4O)C(OC4(O)CCCCC4)C3O)[OH+]2)CC1. The lowest BCUT2D eigenvalue weighted by molar-refractivity contribution is -0.396. The maximum absolute atomic E-state index is 12.9. The van der Waals surface area contributed by atoms with E-state index in [1.54, 1.807) is 7.11 Å². The fourth-order valence-corrected chi connectivity index (χ4v) is 10.8. The number of carboxylic acid groups (broad SMARTS) is 1. The van der Waals surface area contributed by atoms with Gasteiger partial charge in [0.2, 0.25) is 0 Å². The Balaban J connectivity index is 1.16. The van der Waals surface area contributed by atoms with Crippen LogP contribution in [0, 0.1) is 30.0 Å². The van der Waals surface area contributed by atoms with Gasteiger partial charge in [0.25, 0.3) is 0 Å². The van der Waals surface area contributed by atoms with Gasteiger partial charge in [0.05, 0.1) is 43.0 Å². The quantitative estimate of drug-likeness (QED) is 0.104. The summed E-state index contributed by atoms with van der Waals surface area (Å²) in [5.74, 6) is -3.87. The minimum absolute atomic E-state index is 0.0966. The number of carbonyl (C=O) groups excluding carboxylic acids is 1. The van der Waals surface area contributed by atoms with E-state index in [0.29, 0.717) is 44.9 Å². The van der Waals surface area contributed by atoms with Gasteiger partial charge in [-0.15, -0.1) is 0 Å². The summed E-state index contributed by atoms with van der Waals surface area (Å²) < 4.78 is 29.3. The van der Waals surface area contributed by atoms with Crippen LogP contribution >= 0.6 is 0 Å². The van der Waals surface area contributed by atoms with Crippen LogP contribution in [0.1, 0.15) is 103 Å². The molecule has 15 nitrogen and oxygen atoms in total. The highest BCUT2D eigenvalue weighted by Gasteiger charge is 2.73. The third kappa shape index (κ3) is 6.92. The number of carboxylic acids is 1. The highest BCUT2D eigenvalue weighted by molar-refractivity contribution is 5.85. The molecular weight excluding hydrogens is 680 g/mol. The lowest BCUT2D eigenvalue weighted by Gasteiger charge is -2.56. The highest BCUT2D eigenvalue weighted by Crippen LogP contribution is 2.58. The maximum Gasteiger partial charge on any atom is 0.302 e. The lowest BCUT2D eigenvalue weighted by Crippen LogP contribution is -2.77. The first kappa shape index (κ1) is 38.7. The summed E-state index contributed by atoms with van der Waals surface area (Å²) >= 11 is 0. The molecule has 4 aliphatic carbocycles. The van der Waals surface area contributed by atoms with E-state index in [9.17, 15) is 40.5 Å². The Morgan fingerprint density at radius 3 is 2.25 bits per heavy atom. The van der Waals surface area contributed by atoms with Crippen LogP contribution in [0.15, 0.2) is 4.99 Å². The molecule has 0 spiro atoms. The fourth-order valence-electron chi connectivity index (χ4n) is 10.8. The molecule has 3 heterocycles. The third-order valence-corrected chi connectivity index (χ3v) is 13.6. The summed E-state index contributed by atoms with van der Waals surface area (Å²) in [5.41, 5.74) is -3.99. The number of hydrogen-bond donors (Lipinski definition) is 6. The zero-order valence-corrected chi connectivity index (χ0v) is 29.9. The van der Waals surface area contributed by atoms with Gasteiger partial charge in [-0.1, -0.05) is 17.8 Å². The summed E-state index contributed by atoms with van der Waals surface area (Å²) in [6, 6.07) is 0.286. The Kier molecular flexibility index (Phi) is 11.5. The molecule has 0 aromatic rings. The van der Waals surface area contributed by atoms with Crippen LogP contribution in [0.25, 0.3) is 5.32 Å². The van der Waals surface area contributed by atoms with E-state index in [2.05, 4.69) is 10.3 Å². The molecule has 7 N–H and O–H groups in total. The van der Waals surface area contributed by atoms with Crippen LogP contribution in [0.2, 0.25) is 0 Å². The van der Waals surface area contributed by atoms with Crippen molar-refractivity contribution < 1.29 is 64.2 Å². The Bertz CT molecular complexity index is 1250. The van der Waals surface area contributed by atoms with Crippen molar-refractivity contribution in [1.29, 1.82) is 0 Å². The van der Waals surface area contributed by atoms with Crippen molar-refractivity contribution in [3.05, 3.63) is 18.0 Å². The van der Waals surface area contributed by atoms with Gasteiger partial charge in [-0.2, -0.15) is 0 Å². The molecule has 7 rings (SSSR count). The van der Waals surface area contributed by atoms with E-state index in [1.807, 2.05) is 0 Å². The van der Waals surface area contributed by atoms with E-state index >= 15 is 0 Å². The molecule has 15 heteroatoms. The topological polar surface area (TPSA) is 238 Å². The van der Waals surface area contributed by atoms with Gasteiger partial charge >= 0.3 is 6.21 Å². The Hall–Kier alpha value is -1.60. The molecule has 52 heavy (non-hydrogen) atoms. The molecular formula is C37H57N2O13+. The first-order chi connectivity index (χ1) is 24.9. The largest absolute Gasteiger partial charge is 0.547 e. The van der Waals surface area contributed by atoms with E-state index in [-0.39, 0.29) is 43.4 Å². The van der Waals surface area contributed by atoms with Crippen molar-refractivity contribution in [2.75, 3.05) is 7.11 Å². The summed E-state index contributed by atoms with van der Waals surface area (Å²) in [6.45, 7) is 1.28. The summed E-state index contributed by atoms with van der Waals surface area (Å²) in [5, 5.41) is 88.0. The minimum Gasteiger partial charge on any atom is -0.547 e. The van der Waals surface area contributed by atoms with Crippen LogP contribution in [0.3, 0.4) is 0 Å². The van der Waals surface area contributed by atoms with Gasteiger partial charge < -0.3 is 64.2 Å². The second kappa shape index (κ2) is 15.5. The number of aliphatic imine (C=N–C) groups is 1. The number of ether oxygens (including phenoxy) is 5. The smallest absolute Gasteiger partial charge is 0.302 e. The molecule has 2 saturated heterocycles. The Morgan fingerprint density at radius 2 is 1.63 bits per heavy atom. The van der Waals surface area contributed by atoms with Gasteiger partial charge in [-0.25, -0.2) is 0 Å². The lowest BCUT2D eigenvalue weighted by atomic mass is 9.54. The number of aliphatic hydroxyl groups excluding tert-OH is 4. The number of hydrogen-bond acceptors (Lipinski definition) is 13. The summed E-state index contributed by atoms with van der Waals surface area (Å²) in [7, 11) is 1.71. The monoisotopic (exact) mass is 737 g/mol. The van der Waals surface area contributed by atoms with Crippen molar-refractivity contribution >= 4 is 12.2 Å². The van der Waals surface area contributed by atoms with Crippen LogP contribution in [-0.4, -0.2) is 133 Å². The van der Waals surface area contributed by atoms with Gasteiger partial charge in [-0.3, -0.25) is 5.32 Å². The van der Waals surface area contributed by atoms with Crippen molar-refractivity contribution in [3.63, 3.8) is 0 Å². The average Bonchev–Trinajstić information content (AvgIpc) is 3.69. The van der Waals surface area contributed by atoms with E-state index in [0.717, 1.165) is 38.5 Å². The van der Waals surface area contributed by atoms with Crippen molar-refractivity contribution in [3.8, 4) is 0 Å². The number of aliphatic carboxylic acids is 1. The molecule has 6 fully saturated rings. The number of fused-ring (bicyclic) bond motifs is 1. The first-order valence-corrected chi connectivity index (χ1v) is 19.4. The highest BCUT2D eigenvalue weighted by atomic mass is 16.7. The molecule has 3 aliphatic heterocycles. The number of carbonyl (C=O) groups is 1. The third-order valence-electron chi connectivity index (χ3n) is 13.6. The van der Waals surface area contributed by atoms with Crippen molar-refractivity contribution in [2.24, 2.45) is 22.2 Å². The summed E-state index contributed by atoms with van der Waals surface area (Å²) in [6.07, 6.45) is -2.14. The standard InChI is InChI=1S/C37H56N2O13/c1-48-21-10-8-20(9-11-21)23-16-22(40)27-24(49-23)17-25(30(28(27)41)52-36(46)14-6-3-7-15-36)50-34-29(42)31(43)37(47,32(51-34)33(44)45)35(12-4-2-5-13-35)26-18-38-19-39-26/h18-25,27-32,34,40-43,46-47H,2-17H2,1H3/p+1. The molecule has 0 aromatic heterocycles. The normalized spacial score (nSPS) is 46.3. The van der Waals surface area contributed by atoms with Crippen molar-refractivity contribution in [2.45, 2.75) is 181 Å². The molecule has 0 amide bonds. The molecule has 7 aliphatic rings. The second-order valence-electron chi connectivity index (χ2n) is 16.4. The van der Waals surface area contributed by atoms with Crippen LogP contribution in [-0.2, 0) is 23.7 Å². The zero-order valence-electron chi connectivity index (χ0n) is 29.9. The van der Waals surface area contributed by atoms with Gasteiger partial charge in [0, 0.05) is 38.7 Å². The zero-order chi connectivity index (χ0) is 36.8. The molecule has 0 radical (unpaired) electrons. The predicted octanol–water partition coefficient (Wildman–Crippen LogP) is 0.0129. The molecule has 12 unspecified atom stereocenters. The van der Waals surface area contributed by atoms with Gasteiger partial charge in [0.1, 0.15) is 24.4 Å². The van der Waals surface area contributed by atoms with E-state index < -0.39 is 83.8 Å². The number of rotatable bonds is 9. The van der Waals surface area contributed by atoms with Crippen molar-refractivity contribution in [1.82, 2.24) is 0 Å². The second-order valence-corrected chi connectivity index (χ2v) is 16.4. The van der Waals surface area contributed by atoms with Gasteiger partial charge in [0.15, 0.2) is 41.3 Å². The fraction of sp³-hybridized carbons (Fsp3) is 0.892. The minimum atomic E-state index is -2.57. The molecule has 4 saturated carbocycles. The predicted molar refractivity (Wildman–Crippen MR) is 181 cm³/mol. The van der Waals surface area contributed by atoms with E-state index in [1.165, 1.54) is 12.9 Å². The number of methoxy groups -OCH3 is 1. The summed E-state index contributed by atoms with van der Waals surface area (Å²) in [4.78, 5) is 16.9. The first-order valence-electron chi connectivity index (χ1n) is 19.4.